The molecule has 0 atom stereocenters. The zero-order valence-electron chi connectivity index (χ0n) is 5.83. The SMILES string of the molecule is NNc1cccc2c1OCO2. The van der Waals surface area contributed by atoms with Gasteiger partial charge in [-0.1, -0.05) is 6.07 Å². The molecule has 11 heavy (non-hydrogen) atoms. The van der Waals surface area contributed by atoms with E-state index in [4.69, 9.17) is 15.3 Å². The molecule has 1 aromatic carbocycles. The number of hydrogen-bond donors (Lipinski definition) is 2. The molecule has 0 bridgehead atoms. The number of anilines is 1. The normalized spacial score (nSPS) is 13.2. The smallest absolute Gasteiger partial charge is 0.231 e. The molecule has 0 spiro atoms. The second-order valence-electron chi connectivity index (χ2n) is 2.18. The van der Waals surface area contributed by atoms with Crippen molar-refractivity contribution in [1.82, 2.24) is 0 Å². The van der Waals surface area contributed by atoms with Gasteiger partial charge in [-0.05, 0) is 12.1 Å². The summed E-state index contributed by atoms with van der Waals surface area (Å²) < 4.78 is 10.3. The van der Waals surface area contributed by atoms with Crippen molar-refractivity contribution in [3.05, 3.63) is 18.2 Å². The molecule has 58 valence electrons. The van der Waals surface area contributed by atoms with E-state index in [0.29, 0.717) is 5.75 Å². The maximum Gasteiger partial charge on any atom is 0.231 e. The molecule has 0 aromatic heterocycles. The molecule has 0 radical (unpaired) electrons. The average Bonchev–Trinajstić information content (AvgIpc) is 2.50. The van der Waals surface area contributed by atoms with Crippen LogP contribution >= 0.6 is 0 Å². The van der Waals surface area contributed by atoms with E-state index >= 15 is 0 Å². The number of nitrogens with two attached hydrogens (primary N) is 1. The lowest BCUT2D eigenvalue weighted by molar-refractivity contribution is 0.174. The van der Waals surface area contributed by atoms with Gasteiger partial charge in [-0.3, -0.25) is 5.84 Å². The van der Waals surface area contributed by atoms with Crippen molar-refractivity contribution >= 4 is 5.69 Å². The Morgan fingerprint density at radius 2 is 2.27 bits per heavy atom. The van der Waals surface area contributed by atoms with Crippen LogP contribution in [0.4, 0.5) is 5.69 Å². The largest absolute Gasteiger partial charge is 0.454 e. The van der Waals surface area contributed by atoms with E-state index in [-0.39, 0.29) is 6.79 Å². The number of benzene rings is 1. The lowest BCUT2D eigenvalue weighted by Crippen LogP contribution is -2.07. The first-order valence-electron chi connectivity index (χ1n) is 3.27. The van der Waals surface area contributed by atoms with Crippen molar-refractivity contribution in [3.8, 4) is 11.5 Å². The lowest BCUT2D eigenvalue weighted by atomic mass is 10.3. The Morgan fingerprint density at radius 1 is 1.36 bits per heavy atom. The Bertz CT molecular complexity index is 275. The van der Waals surface area contributed by atoms with Crippen molar-refractivity contribution < 1.29 is 9.47 Å². The number of nitrogen functional groups attached to an aromatic ring is 1. The first-order chi connectivity index (χ1) is 5.42. The molecule has 1 aromatic rings. The lowest BCUT2D eigenvalue weighted by Gasteiger charge is -2.02. The maximum atomic E-state index is 5.24. The summed E-state index contributed by atoms with van der Waals surface area (Å²) in [5.41, 5.74) is 3.27. The van der Waals surface area contributed by atoms with E-state index in [1.165, 1.54) is 0 Å². The van der Waals surface area contributed by atoms with Crippen LogP contribution in [0, 0.1) is 0 Å². The van der Waals surface area contributed by atoms with Crippen LogP contribution < -0.4 is 20.7 Å². The van der Waals surface area contributed by atoms with Gasteiger partial charge in [0.15, 0.2) is 11.5 Å². The summed E-state index contributed by atoms with van der Waals surface area (Å²) in [6.07, 6.45) is 0. The van der Waals surface area contributed by atoms with Gasteiger partial charge in [0.2, 0.25) is 6.79 Å². The van der Waals surface area contributed by atoms with Crippen molar-refractivity contribution in [2.75, 3.05) is 12.2 Å². The molecule has 4 heteroatoms. The molecule has 1 heterocycles. The van der Waals surface area contributed by atoms with Gasteiger partial charge in [-0.15, -0.1) is 0 Å². The van der Waals surface area contributed by atoms with Gasteiger partial charge in [0.05, 0.1) is 5.69 Å². The zero-order valence-corrected chi connectivity index (χ0v) is 5.83. The fraction of sp³-hybridized carbons (Fsp3) is 0.143. The van der Waals surface area contributed by atoms with Gasteiger partial charge in [-0.2, -0.15) is 0 Å². The highest BCUT2D eigenvalue weighted by Gasteiger charge is 2.15. The van der Waals surface area contributed by atoms with Crippen LogP contribution in [0.3, 0.4) is 0 Å². The first kappa shape index (κ1) is 6.30. The minimum Gasteiger partial charge on any atom is -0.454 e. The number of para-hydroxylation sites is 1. The Balaban J connectivity index is 2.50. The molecular weight excluding hydrogens is 144 g/mol. The average molecular weight is 152 g/mol. The molecule has 1 aliphatic heterocycles. The standard InChI is InChI=1S/C7H8N2O2/c8-9-5-2-1-3-6-7(5)11-4-10-6/h1-3,9H,4,8H2. The maximum absolute atomic E-state index is 5.24. The fourth-order valence-electron chi connectivity index (χ4n) is 1.04. The van der Waals surface area contributed by atoms with Crippen LogP contribution in [0.1, 0.15) is 0 Å². The van der Waals surface area contributed by atoms with Gasteiger partial charge < -0.3 is 14.9 Å². The third-order valence-electron chi connectivity index (χ3n) is 1.55. The monoisotopic (exact) mass is 152 g/mol. The van der Waals surface area contributed by atoms with Gasteiger partial charge in [0, 0.05) is 0 Å². The molecule has 3 N–H and O–H groups in total. The summed E-state index contributed by atoms with van der Waals surface area (Å²) in [5.74, 6) is 6.66. The van der Waals surface area contributed by atoms with Gasteiger partial charge in [-0.25, -0.2) is 0 Å². The highest BCUT2D eigenvalue weighted by atomic mass is 16.7. The molecule has 1 aliphatic rings. The van der Waals surface area contributed by atoms with Crippen LogP contribution in [0.5, 0.6) is 11.5 Å². The van der Waals surface area contributed by atoms with Crippen molar-refractivity contribution in [1.29, 1.82) is 0 Å². The minimum absolute atomic E-state index is 0.272. The van der Waals surface area contributed by atoms with E-state index in [9.17, 15) is 0 Å². The van der Waals surface area contributed by atoms with E-state index in [1.54, 1.807) is 0 Å². The van der Waals surface area contributed by atoms with Crippen molar-refractivity contribution in [2.45, 2.75) is 0 Å². The quantitative estimate of drug-likeness (QED) is 0.459. The van der Waals surface area contributed by atoms with Crippen LogP contribution in [-0.4, -0.2) is 6.79 Å². The van der Waals surface area contributed by atoms with Crippen LogP contribution in [0.2, 0.25) is 0 Å². The molecular formula is C7H8N2O2. The van der Waals surface area contributed by atoms with Crippen LogP contribution in [0.25, 0.3) is 0 Å². The molecule has 4 nitrogen and oxygen atoms in total. The highest BCUT2D eigenvalue weighted by molar-refractivity contribution is 5.63. The van der Waals surface area contributed by atoms with E-state index in [0.717, 1.165) is 11.4 Å². The first-order valence-corrected chi connectivity index (χ1v) is 3.27. The molecule has 0 saturated carbocycles. The zero-order chi connectivity index (χ0) is 7.68. The van der Waals surface area contributed by atoms with Gasteiger partial charge >= 0.3 is 0 Å². The molecule has 2 rings (SSSR count). The van der Waals surface area contributed by atoms with Gasteiger partial charge in [0.25, 0.3) is 0 Å². The summed E-state index contributed by atoms with van der Waals surface area (Å²) in [4.78, 5) is 0. The second-order valence-corrected chi connectivity index (χ2v) is 2.18. The summed E-state index contributed by atoms with van der Waals surface area (Å²) in [6, 6.07) is 5.51. The van der Waals surface area contributed by atoms with E-state index in [1.807, 2.05) is 18.2 Å². The van der Waals surface area contributed by atoms with Crippen molar-refractivity contribution in [2.24, 2.45) is 5.84 Å². The van der Waals surface area contributed by atoms with Gasteiger partial charge in [0.1, 0.15) is 0 Å². The second kappa shape index (κ2) is 2.32. The molecule has 0 saturated heterocycles. The summed E-state index contributed by atoms with van der Waals surface area (Å²) in [5, 5.41) is 0. The highest BCUT2D eigenvalue weighted by Crippen LogP contribution is 2.37. The topological polar surface area (TPSA) is 56.5 Å². The third kappa shape index (κ3) is 0.877. The number of hydrogen-bond acceptors (Lipinski definition) is 4. The number of nitrogens with one attached hydrogen (secondary N) is 1. The summed E-state index contributed by atoms with van der Waals surface area (Å²) >= 11 is 0. The Hall–Kier alpha value is -1.42. The van der Waals surface area contributed by atoms with E-state index in [2.05, 4.69) is 5.43 Å². The Labute approximate surface area is 63.9 Å². The summed E-state index contributed by atoms with van der Waals surface area (Å²) in [6.45, 7) is 0.272. The predicted molar refractivity (Wildman–Crippen MR) is 40.4 cm³/mol. The number of fused-ring (bicyclic) bond motifs is 1. The van der Waals surface area contributed by atoms with Crippen molar-refractivity contribution in [3.63, 3.8) is 0 Å². The third-order valence-corrected chi connectivity index (χ3v) is 1.55. The Kier molecular flexibility index (Phi) is 1.33. The fourth-order valence-corrected chi connectivity index (χ4v) is 1.04. The molecule has 0 fully saturated rings. The molecule has 0 amide bonds. The molecule has 0 aliphatic carbocycles. The predicted octanol–water partition coefficient (Wildman–Crippen LogP) is 0.701. The Morgan fingerprint density at radius 3 is 3.09 bits per heavy atom. The number of rotatable bonds is 1. The van der Waals surface area contributed by atoms with E-state index < -0.39 is 0 Å². The number of ether oxygens (including phenoxy) is 2. The molecule has 0 unspecified atom stereocenters. The summed E-state index contributed by atoms with van der Waals surface area (Å²) in [7, 11) is 0. The minimum atomic E-state index is 0.272. The van der Waals surface area contributed by atoms with Crippen LogP contribution in [0.15, 0.2) is 18.2 Å². The van der Waals surface area contributed by atoms with Crippen LogP contribution in [-0.2, 0) is 0 Å². The number of hydrazine groups is 1.